The number of hydrogen-bond donors (Lipinski definition) is 1. The molecule has 2 aromatic rings. The van der Waals surface area contributed by atoms with Crippen molar-refractivity contribution < 1.29 is 4.74 Å². The van der Waals surface area contributed by atoms with Gasteiger partial charge in [0.15, 0.2) is 0 Å². The number of rotatable bonds is 5. The van der Waals surface area contributed by atoms with E-state index >= 15 is 0 Å². The van der Waals surface area contributed by atoms with Gasteiger partial charge in [-0.2, -0.15) is 0 Å². The van der Waals surface area contributed by atoms with Crippen molar-refractivity contribution in [1.82, 2.24) is 0 Å². The molecule has 0 saturated carbocycles. The number of benzene rings is 2. The van der Waals surface area contributed by atoms with Crippen LogP contribution < -0.4 is 10.5 Å². The fraction of sp³-hybridized carbons (Fsp3) is 0.250. The highest BCUT2D eigenvalue weighted by atomic mass is 35.5. The molecule has 0 spiro atoms. The molecule has 1 atom stereocenters. The van der Waals surface area contributed by atoms with Gasteiger partial charge in [0.25, 0.3) is 0 Å². The predicted molar refractivity (Wildman–Crippen MR) is 79.7 cm³/mol. The minimum absolute atomic E-state index is 0.0539. The summed E-state index contributed by atoms with van der Waals surface area (Å²) in [4.78, 5) is 0. The SMILES string of the molecule is Cc1ccc(C(N)CCOc2ccccc2)cc1Cl. The van der Waals surface area contributed by atoms with Crippen molar-refractivity contribution in [3.8, 4) is 5.75 Å². The molecule has 19 heavy (non-hydrogen) atoms. The van der Waals surface area contributed by atoms with Crippen LogP contribution in [0.3, 0.4) is 0 Å². The summed E-state index contributed by atoms with van der Waals surface area (Å²) >= 11 is 6.10. The Labute approximate surface area is 119 Å². The summed E-state index contributed by atoms with van der Waals surface area (Å²) in [6, 6.07) is 15.6. The molecule has 0 radical (unpaired) electrons. The number of aryl methyl sites for hydroxylation is 1. The van der Waals surface area contributed by atoms with Crippen LogP contribution in [0.4, 0.5) is 0 Å². The lowest BCUT2D eigenvalue weighted by Gasteiger charge is -2.14. The smallest absolute Gasteiger partial charge is 0.119 e. The Morgan fingerprint density at radius 3 is 2.58 bits per heavy atom. The molecule has 0 saturated heterocycles. The Kier molecular flexibility index (Phi) is 4.83. The lowest BCUT2D eigenvalue weighted by atomic mass is 10.0. The Hall–Kier alpha value is -1.51. The Morgan fingerprint density at radius 2 is 1.89 bits per heavy atom. The van der Waals surface area contributed by atoms with E-state index < -0.39 is 0 Å². The van der Waals surface area contributed by atoms with Gasteiger partial charge in [-0.3, -0.25) is 0 Å². The summed E-state index contributed by atoms with van der Waals surface area (Å²) in [6.07, 6.45) is 0.758. The van der Waals surface area contributed by atoms with E-state index in [0.717, 1.165) is 28.3 Å². The molecular weight excluding hydrogens is 258 g/mol. The zero-order valence-electron chi connectivity index (χ0n) is 11.0. The van der Waals surface area contributed by atoms with Crippen LogP contribution in [0.1, 0.15) is 23.6 Å². The standard InChI is InChI=1S/C16H18ClNO/c1-12-7-8-13(11-15(12)17)16(18)9-10-19-14-5-3-2-4-6-14/h2-8,11,16H,9-10,18H2,1H3. The minimum atomic E-state index is -0.0539. The van der Waals surface area contributed by atoms with Gasteiger partial charge in [0.1, 0.15) is 5.75 Å². The Bertz CT molecular complexity index is 528. The monoisotopic (exact) mass is 275 g/mol. The van der Waals surface area contributed by atoms with Crippen LogP contribution >= 0.6 is 11.6 Å². The Balaban J connectivity index is 1.87. The van der Waals surface area contributed by atoms with Crippen molar-refractivity contribution in [2.45, 2.75) is 19.4 Å². The zero-order valence-corrected chi connectivity index (χ0v) is 11.7. The molecule has 2 N–H and O–H groups in total. The molecule has 2 rings (SSSR count). The fourth-order valence-corrected chi connectivity index (χ4v) is 2.02. The number of ether oxygens (including phenoxy) is 1. The number of halogens is 1. The molecule has 0 aromatic heterocycles. The van der Waals surface area contributed by atoms with E-state index in [2.05, 4.69) is 0 Å². The van der Waals surface area contributed by atoms with Crippen LogP contribution in [0.15, 0.2) is 48.5 Å². The first-order valence-electron chi connectivity index (χ1n) is 6.36. The number of hydrogen-bond acceptors (Lipinski definition) is 2. The summed E-state index contributed by atoms with van der Waals surface area (Å²) in [5, 5.41) is 0.761. The maximum Gasteiger partial charge on any atom is 0.119 e. The van der Waals surface area contributed by atoms with Crippen LogP contribution in [0, 0.1) is 6.92 Å². The number of nitrogens with two attached hydrogens (primary N) is 1. The first-order chi connectivity index (χ1) is 9.16. The second-order valence-electron chi connectivity index (χ2n) is 4.57. The number of para-hydroxylation sites is 1. The van der Waals surface area contributed by atoms with Crippen molar-refractivity contribution in [1.29, 1.82) is 0 Å². The van der Waals surface area contributed by atoms with E-state index in [1.54, 1.807) is 0 Å². The third-order valence-corrected chi connectivity index (χ3v) is 3.47. The highest BCUT2D eigenvalue weighted by Crippen LogP contribution is 2.22. The van der Waals surface area contributed by atoms with E-state index in [1.807, 2.05) is 55.5 Å². The largest absolute Gasteiger partial charge is 0.494 e. The quantitative estimate of drug-likeness (QED) is 0.891. The van der Waals surface area contributed by atoms with Crippen molar-refractivity contribution in [2.75, 3.05) is 6.61 Å². The maximum absolute atomic E-state index is 6.14. The second-order valence-corrected chi connectivity index (χ2v) is 4.97. The van der Waals surface area contributed by atoms with Gasteiger partial charge in [-0.1, -0.05) is 41.9 Å². The topological polar surface area (TPSA) is 35.2 Å². The van der Waals surface area contributed by atoms with E-state index in [-0.39, 0.29) is 6.04 Å². The lowest BCUT2D eigenvalue weighted by molar-refractivity contribution is 0.298. The molecule has 0 bridgehead atoms. The summed E-state index contributed by atoms with van der Waals surface area (Å²) in [5.74, 6) is 0.872. The van der Waals surface area contributed by atoms with Crippen LogP contribution in [0.2, 0.25) is 5.02 Å². The lowest BCUT2D eigenvalue weighted by Crippen LogP contribution is -2.14. The van der Waals surface area contributed by atoms with Gasteiger partial charge in [0.05, 0.1) is 6.61 Å². The average Bonchev–Trinajstić information content (AvgIpc) is 2.43. The molecule has 2 nitrogen and oxygen atoms in total. The van der Waals surface area contributed by atoms with Crippen LogP contribution in [-0.4, -0.2) is 6.61 Å². The second kappa shape index (κ2) is 6.60. The Morgan fingerprint density at radius 1 is 1.16 bits per heavy atom. The van der Waals surface area contributed by atoms with E-state index in [1.165, 1.54) is 0 Å². The first-order valence-corrected chi connectivity index (χ1v) is 6.74. The molecule has 0 aliphatic rings. The molecule has 1 unspecified atom stereocenters. The van der Waals surface area contributed by atoms with Crippen LogP contribution in [0.5, 0.6) is 5.75 Å². The van der Waals surface area contributed by atoms with Gasteiger partial charge in [0, 0.05) is 17.5 Å². The van der Waals surface area contributed by atoms with Gasteiger partial charge in [-0.05, 0) is 36.2 Å². The molecule has 0 amide bonds. The summed E-state index contributed by atoms with van der Waals surface area (Å²) < 4.78 is 5.64. The van der Waals surface area contributed by atoms with Crippen molar-refractivity contribution in [2.24, 2.45) is 5.73 Å². The predicted octanol–water partition coefficient (Wildman–Crippen LogP) is 4.12. The summed E-state index contributed by atoms with van der Waals surface area (Å²) in [5.41, 5.74) is 8.26. The molecule has 0 heterocycles. The van der Waals surface area contributed by atoms with Crippen molar-refractivity contribution >= 4 is 11.6 Å². The van der Waals surface area contributed by atoms with Gasteiger partial charge < -0.3 is 10.5 Å². The highest BCUT2D eigenvalue weighted by Gasteiger charge is 2.07. The third kappa shape index (κ3) is 3.98. The molecule has 0 aliphatic carbocycles. The highest BCUT2D eigenvalue weighted by molar-refractivity contribution is 6.31. The molecule has 100 valence electrons. The van der Waals surface area contributed by atoms with Crippen molar-refractivity contribution in [3.05, 3.63) is 64.7 Å². The summed E-state index contributed by atoms with van der Waals surface area (Å²) in [6.45, 7) is 2.58. The van der Waals surface area contributed by atoms with E-state index in [4.69, 9.17) is 22.1 Å². The molecular formula is C16H18ClNO. The molecule has 2 aromatic carbocycles. The first kappa shape index (κ1) is 13.9. The minimum Gasteiger partial charge on any atom is -0.494 e. The van der Waals surface area contributed by atoms with E-state index in [9.17, 15) is 0 Å². The van der Waals surface area contributed by atoms with Gasteiger partial charge in [-0.15, -0.1) is 0 Å². The molecule has 3 heteroatoms. The maximum atomic E-state index is 6.14. The third-order valence-electron chi connectivity index (χ3n) is 3.06. The normalized spacial score (nSPS) is 12.2. The van der Waals surface area contributed by atoms with Gasteiger partial charge >= 0.3 is 0 Å². The van der Waals surface area contributed by atoms with Crippen LogP contribution in [-0.2, 0) is 0 Å². The zero-order chi connectivity index (χ0) is 13.7. The summed E-state index contributed by atoms with van der Waals surface area (Å²) in [7, 11) is 0. The molecule has 0 fully saturated rings. The molecule has 0 aliphatic heterocycles. The van der Waals surface area contributed by atoms with Crippen LogP contribution in [0.25, 0.3) is 0 Å². The van der Waals surface area contributed by atoms with Crippen molar-refractivity contribution in [3.63, 3.8) is 0 Å². The fourth-order valence-electron chi connectivity index (χ4n) is 1.83. The average molecular weight is 276 g/mol. The van der Waals surface area contributed by atoms with E-state index in [0.29, 0.717) is 6.61 Å². The van der Waals surface area contributed by atoms with Gasteiger partial charge in [0.2, 0.25) is 0 Å². The van der Waals surface area contributed by atoms with Gasteiger partial charge in [-0.25, -0.2) is 0 Å².